The van der Waals surface area contributed by atoms with Gasteiger partial charge in [0, 0.05) is 6.61 Å². The number of rotatable bonds is 11. The van der Waals surface area contributed by atoms with Crippen LogP contribution < -0.4 is 10.1 Å². The molecule has 2 unspecified atom stereocenters. The number of nitrogens with one attached hydrogen (secondary N) is 1. The highest BCUT2D eigenvalue weighted by atomic mass is 16.5. The Balaban J connectivity index is 2.57. The van der Waals surface area contributed by atoms with E-state index in [-0.39, 0.29) is 6.04 Å². The van der Waals surface area contributed by atoms with Crippen molar-refractivity contribution >= 4 is 0 Å². The molecule has 0 fully saturated rings. The van der Waals surface area contributed by atoms with Gasteiger partial charge < -0.3 is 14.8 Å². The second-order valence-corrected chi connectivity index (χ2v) is 5.71. The van der Waals surface area contributed by atoms with Crippen LogP contribution in [0.5, 0.6) is 5.75 Å². The van der Waals surface area contributed by atoms with Gasteiger partial charge in [0.1, 0.15) is 5.75 Å². The first kappa shape index (κ1) is 18.0. The highest BCUT2D eigenvalue weighted by molar-refractivity contribution is 5.30. The average Bonchev–Trinajstić information content (AvgIpc) is 2.51. The second kappa shape index (κ2) is 10.6. The SMILES string of the molecule is CCCNC(COCC(C)CCC)c1cccc(OC)c1. The molecule has 0 aromatic heterocycles. The molecule has 2 atom stereocenters. The monoisotopic (exact) mass is 293 g/mol. The molecule has 0 saturated carbocycles. The van der Waals surface area contributed by atoms with E-state index in [1.807, 2.05) is 12.1 Å². The van der Waals surface area contributed by atoms with Crippen molar-refractivity contribution in [2.45, 2.75) is 46.1 Å². The fourth-order valence-electron chi connectivity index (χ4n) is 2.41. The fraction of sp³-hybridized carbons (Fsp3) is 0.667. The third-order valence-electron chi connectivity index (χ3n) is 3.61. The molecule has 3 nitrogen and oxygen atoms in total. The molecule has 0 spiro atoms. The van der Waals surface area contributed by atoms with Crippen LogP contribution in [-0.4, -0.2) is 26.9 Å². The highest BCUT2D eigenvalue weighted by Gasteiger charge is 2.12. The summed E-state index contributed by atoms with van der Waals surface area (Å²) in [5, 5.41) is 3.56. The zero-order valence-electron chi connectivity index (χ0n) is 14.0. The lowest BCUT2D eigenvalue weighted by Gasteiger charge is -2.21. The number of ether oxygens (including phenoxy) is 2. The Hall–Kier alpha value is -1.06. The summed E-state index contributed by atoms with van der Waals surface area (Å²) in [5.74, 6) is 1.53. The minimum atomic E-state index is 0.230. The number of hydrogen-bond donors (Lipinski definition) is 1. The van der Waals surface area contributed by atoms with Gasteiger partial charge in [-0.15, -0.1) is 0 Å². The van der Waals surface area contributed by atoms with Crippen LogP contribution in [-0.2, 0) is 4.74 Å². The van der Waals surface area contributed by atoms with Gasteiger partial charge in [0.15, 0.2) is 0 Å². The van der Waals surface area contributed by atoms with E-state index in [9.17, 15) is 0 Å². The van der Waals surface area contributed by atoms with Crippen molar-refractivity contribution in [3.8, 4) is 5.75 Å². The van der Waals surface area contributed by atoms with Crippen molar-refractivity contribution in [2.75, 3.05) is 26.9 Å². The first-order valence-electron chi connectivity index (χ1n) is 8.16. The molecule has 3 heteroatoms. The molecule has 0 aliphatic heterocycles. The maximum Gasteiger partial charge on any atom is 0.119 e. The Morgan fingerprint density at radius 1 is 1.14 bits per heavy atom. The average molecular weight is 293 g/mol. The molecule has 1 aromatic carbocycles. The Morgan fingerprint density at radius 3 is 2.62 bits per heavy atom. The lowest BCUT2D eigenvalue weighted by molar-refractivity contribution is 0.0832. The van der Waals surface area contributed by atoms with Gasteiger partial charge in [-0.2, -0.15) is 0 Å². The van der Waals surface area contributed by atoms with Crippen LogP contribution in [0.15, 0.2) is 24.3 Å². The van der Waals surface area contributed by atoms with E-state index in [2.05, 4.69) is 38.2 Å². The minimum Gasteiger partial charge on any atom is -0.497 e. The highest BCUT2D eigenvalue weighted by Crippen LogP contribution is 2.20. The predicted octanol–water partition coefficient (Wildman–Crippen LogP) is 4.19. The third kappa shape index (κ3) is 6.96. The van der Waals surface area contributed by atoms with Gasteiger partial charge in [-0.05, 0) is 43.0 Å². The number of methoxy groups -OCH3 is 1. The smallest absolute Gasteiger partial charge is 0.119 e. The summed E-state index contributed by atoms with van der Waals surface area (Å²) in [6.07, 6.45) is 3.57. The van der Waals surface area contributed by atoms with Crippen LogP contribution in [0.4, 0.5) is 0 Å². The normalized spacial score (nSPS) is 13.9. The lowest BCUT2D eigenvalue weighted by atomic mass is 10.1. The zero-order chi connectivity index (χ0) is 15.5. The van der Waals surface area contributed by atoms with Crippen molar-refractivity contribution in [1.29, 1.82) is 0 Å². The van der Waals surface area contributed by atoms with Crippen LogP contribution in [0.3, 0.4) is 0 Å². The molecule has 0 radical (unpaired) electrons. The summed E-state index contributed by atoms with van der Waals surface area (Å²) in [6, 6.07) is 8.47. The molecule has 0 heterocycles. The van der Waals surface area contributed by atoms with E-state index in [1.165, 1.54) is 18.4 Å². The molecule has 1 aromatic rings. The standard InChI is InChI=1S/C18H31NO2/c1-5-8-15(3)13-21-14-18(19-11-6-2)16-9-7-10-17(12-16)20-4/h7,9-10,12,15,18-19H,5-6,8,11,13-14H2,1-4H3. The van der Waals surface area contributed by atoms with Gasteiger partial charge in [0.05, 0.1) is 19.8 Å². The summed E-state index contributed by atoms with van der Waals surface area (Å²) in [6.45, 7) is 9.20. The maximum atomic E-state index is 5.93. The predicted molar refractivity (Wildman–Crippen MR) is 88.9 cm³/mol. The van der Waals surface area contributed by atoms with Gasteiger partial charge in [0.2, 0.25) is 0 Å². The number of benzene rings is 1. The summed E-state index contributed by atoms with van der Waals surface area (Å²) < 4.78 is 11.2. The van der Waals surface area contributed by atoms with Crippen molar-refractivity contribution in [1.82, 2.24) is 5.32 Å². The molecule has 1 N–H and O–H groups in total. The summed E-state index contributed by atoms with van der Waals surface area (Å²) >= 11 is 0. The van der Waals surface area contributed by atoms with Crippen LogP contribution >= 0.6 is 0 Å². The van der Waals surface area contributed by atoms with Crippen molar-refractivity contribution in [3.05, 3.63) is 29.8 Å². The molecule has 0 aliphatic rings. The molecule has 120 valence electrons. The Bertz CT molecular complexity index is 381. The van der Waals surface area contributed by atoms with Gasteiger partial charge in [0.25, 0.3) is 0 Å². The van der Waals surface area contributed by atoms with Crippen molar-refractivity contribution in [2.24, 2.45) is 5.92 Å². The van der Waals surface area contributed by atoms with E-state index in [4.69, 9.17) is 9.47 Å². The first-order chi connectivity index (χ1) is 10.2. The Kier molecular flexibility index (Phi) is 9.11. The van der Waals surface area contributed by atoms with E-state index in [0.717, 1.165) is 25.3 Å². The molecular weight excluding hydrogens is 262 g/mol. The molecule has 1 rings (SSSR count). The Labute approximate surface area is 130 Å². The lowest BCUT2D eigenvalue weighted by Crippen LogP contribution is -2.27. The Morgan fingerprint density at radius 2 is 1.95 bits per heavy atom. The van der Waals surface area contributed by atoms with Crippen LogP contribution in [0.1, 0.15) is 51.6 Å². The van der Waals surface area contributed by atoms with Gasteiger partial charge >= 0.3 is 0 Å². The molecule has 0 aliphatic carbocycles. The summed E-state index contributed by atoms with van der Waals surface area (Å²) in [7, 11) is 1.70. The topological polar surface area (TPSA) is 30.5 Å². The third-order valence-corrected chi connectivity index (χ3v) is 3.61. The van der Waals surface area contributed by atoms with Crippen LogP contribution in [0, 0.1) is 5.92 Å². The fourth-order valence-corrected chi connectivity index (χ4v) is 2.41. The van der Waals surface area contributed by atoms with E-state index in [0.29, 0.717) is 12.5 Å². The summed E-state index contributed by atoms with van der Waals surface area (Å²) in [5.41, 5.74) is 1.23. The van der Waals surface area contributed by atoms with Crippen molar-refractivity contribution in [3.63, 3.8) is 0 Å². The van der Waals surface area contributed by atoms with E-state index < -0.39 is 0 Å². The molecule has 0 amide bonds. The minimum absolute atomic E-state index is 0.230. The van der Waals surface area contributed by atoms with Gasteiger partial charge in [-0.1, -0.05) is 39.3 Å². The van der Waals surface area contributed by atoms with Crippen molar-refractivity contribution < 1.29 is 9.47 Å². The van der Waals surface area contributed by atoms with Gasteiger partial charge in [-0.25, -0.2) is 0 Å². The molecule has 0 bridgehead atoms. The van der Waals surface area contributed by atoms with Crippen LogP contribution in [0.2, 0.25) is 0 Å². The number of hydrogen-bond acceptors (Lipinski definition) is 3. The van der Waals surface area contributed by atoms with Gasteiger partial charge in [-0.3, -0.25) is 0 Å². The maximum absolute atomic E-state index is 5.93. The first-order valence-corrected chi connectivity index (χ1v) is 8.16. The molecule has 0 saturated heterocycles. The van der Waals surface area contributed by atoms with E-state index >= 15 is 0 Å². The van der Waals surface area contributed by atoms with E-state index in [1.54, 1.807) is 7.11 Å². The largest absolute Gasteiger partial charge is 0.497 e. The van der Waals surface area contributed by atoms with Crippen LogP contribution in [0.25, 0.3) is 0 Å². The molecule has 21 heavy (non-hydrogen) atoms. The molecular formula is C18H31NO2. The second-order valence-electron chi connectivity index (χ2n) is 5.71. The zero-order valence-corrected chi connectivity index (χ0v) is 14.0. The summed E-state index contributed by atoms with van der Waals surface area (Å²) in [4.78, 5) is 0. The quantitative estimate of drug-likeness (QED) is 0.663.